The van der Waals surface area contributed by atoms with Crippen molar-refractivity contribution >= 4 is 0 Å². The molecule has 0 radical (unpaired) electrons. The summed E-state index contributed by atoms with van der Waals surface area (Å²) in [4.78, 5) is 5.41. The summed E-state index contributed by atoms with van der Waals surface area (Å²) in [7, 11) is 0. The van der Waals surface area contributed by atoms with Crippen molar-refractivity contribution in [1.29, 1.82) is 0 Å². The first-order valence-corrected chi connectivity index (χ1v) is 7.14. The molecule has 0 aromatic rings. The third-order valence-electron chi connectivity index (χ3n) is 4.37. The number of hydrogen-bond donors (Lipinski definition) is 0. The highest BCUT2D eigenvalue weighted by atomic mass is 15.3. The minimum Gasteiger partial charge on any atom is -0.298 e. The molecule has 96 valence electrons. The molecule has 2 heteroatoms. The highest BCUT2D eigenvalue weighted by molar-refractivity contribution is 4.93. The second-order valence-corrected chi connectivity index (χ2v) is 5.90. The maximum absolute atomic E-state index is 5.35. The van der Waals surface area contributed by atoms with Crippen molar-refractivity contribution in [1.82, 2.24) is 9.80 Å². The summed E-state index contributed by atoms with van der Waals surface area (Å²) in [6.45, 7) is 9.78. The van der Waals surface area contributed by atoms with Gasteiger partial charge in [0.25, 0.3) is 0 Å². The van der Waals surface area contributed by atoms with E-state index < -0.39 is 0 Å². The van der Waals surface area contributed by atoms with Crippen LogP contribution in [0.4, 0.5) is 0 Å². The molecule has 0 bridgehead atoms. The maximum atomic E-state index is 5.35. The molecule has 2 aliphatic rings. The summed E-state index contributed by atoms with van der Waals surface area (Å²) in [5.74, 6) is 3.51. The quantitative estimate of drug-likeness (QED) is 0.543. The van der Waals surface area contributed by atoms with E-state index >= 15 is 0 Å². The number of nitrogens with zero attached hydrogens (tertiary/aromatic N) is 2. The van der Waals surface area contributed by atoms with E-state index in [2.05, 4.69) is 29.6 Å². The van der Waals surface area contributed by atoms with E-state index in [1.165, 1.54) is 39.0 Å². The Morgan fingerprint density at radius 3 is 2.88 bits per heavy atom. The molecule has 17 heavy (non-hydrogen) atoms. The second-order valence-electron chi connectivity index (χ2n) is 5.90. The van der Waals surface area contributed by atoms with Gasteiger partial charge in [0.1, 0.15) is 0 Å². The van der Waals surface area contributed by atoms with Gasteiger partial charge in [-0.3, -0.25) is 9.80 Å². The van der Waals surface area contributed by atoms with Gasteiger partial charge >= 0.3 is 0 Å². The van der Waals surface area contributed by atoms with E-state index in [4.69, 9.17) is 6.42 Å². The van der Waals surface area contributed by atoms with Crippen molar-refractivity contribution < 1.29 is 0 Å². The molecule has 2 saturated heterocycles. The van der Waals surface area contributed by atoms with Gasteiger partial charge in [0.2, 0.25) is 0 Å². The van der Waals surface area contributed by atoms with E-state index in [1.54, 1.807) is 0 Å². The van der Waals surface area contributed by atoms with Gasteiger partial charge in [-0.05, 0) is 38.3 Å². The topological polar surface area (TPSA) is 6.48 Å². The molecule has 0 aliphatic carbocycles. The molecular formula is C15H26N2. The zero-order valence-electron chi connectivity index (χ0n) is 11.4. The van der Waals surface area contributed by atoms with Gasteiger partial charge in [-0.1, -0.05) is 13.8 Å². The van der Waals surface area contributed by atoms with Crippen molar-refractivity contribution in [2.75, 3.05) is 26.2 Å². The Bertz CT molecular complexity index is 279. The van der Waals surface area contributed by atoms with E-state index in [-0.39, 0.29) is 0 Å². The van der Waals surface area contributed by atoms with Crippen molar-refractivity contribution in [2.45, 2.75) is 51.6 Å². The van der Waals surface area contributed by atoms with Crippen LogP contribution in [0.5, 0.6) is 0 Å². The Morgan fingerprint density at radius 1 is 1.35 bits per heavy atom. The fraction of sp³-hybridized carbons (Fsp3) is 0.867. The van der Waals surface area contributed by atoms with E-state index in [0.717, 1.165) is 30.8 Å². The fourth-order valence-corrected chi connectivity index (χ4v) is 3.38. The lowest BCUT2D eigenvalue weighted by Crippen LogP contribution is -2.57. The first-order valence-electron chi connectivity index (χ1n) is 7.14. The van der Waals surface area contributed by atoms with Gasteiger partial charge in [0, 0.05) is 31.6 Å². The van der Waals surface area contributed by atoms with E-state index in [0.29, 0.717) is 0 Å². The Balaban J connectivity index is 1.93. The zero-order chi connectivity index (χ0) is 12.3. The van der Waals surface area contributed by atoms with Gasteiger partial charge in [0.15, 0.2) is 0 Å². The molecule has 0 aromatic heterocycles. The minimum absolute atomic E-state index is 0.738. The predicted octanol–water partition coefficient (Wildman–Crippen LogP) is 2.20. The first kappa shape index (κ1) is 12.9. The highest BCUT2D eigenvalue weighted by Crippen LogP contribution is 2.27. The third kappa shape index (κ3) is 3.03. The third-order valence-corrected chi connectivity index (χ3v) is 4.37. The van der Waals surface area contributed by atoms with Crippen LogP contribution in [-0.2, 0) is 0 Å². The van der Waals surface area contributed by atoms with Gasteiger partial charge < -0.3 is 0 Å². The standard InChI is InChI=1S/C15H26N2/c1-4-5-6-9-17-11-14-8-7-10-16(14)12-15(17)13(2)3/h1,13-15H,5-12H2,2-3H3. The molecule has 0 amide bonds. The monoisotopic (exact) mass is 234 g/mol. The minimum atomic E-state index is 0.738. The second kappa shape index (κ2) is 5.89. The lowest BCUT2D eigenvalue weighted by atomic mass is 9.97. The van der Waals surface area contributed by atoms with Crippen LogP contribution in [0.3, 0.4) is 0 Å². The number of fused-ring (bicyclic) bond motifs is 1. The van der Waals surface area contributed by atoms with Crippen LogP contribution in [0.15, 0.2) is 0 Å². The molecule has 0 spiro atoms. The molecule has 0 aromatic carbocycles. The fourth-order valence-electron chi connectivity index (χ4n) is 3.38. The summed E-state index contributed by atoms with van der Waals surface area (Å²) in [6.07, 6.45) is 10.2. The molecule has 2 rings (SSSR count). The predicted molar refractivity (Wildman–Crippen MR) is 72.9 cm³/mol. The molecule has 2 aliphatic heterocycles. The number of unbranched alkanes of at least 4 members (excludes halogenated alkanes) is 1. The highest BCUT2D eigenvalue weighted by Gasteiger charge is 2.36. The van der Waals surface area contributed by atoms with Crippen LogP contribution < -0.4 is 0 Å². The van der Waals surface area contributed by atoms with Crippen LogP contribution in [0.1, 0.15) is 39.5 Å². The summed E-state index contributed by atoms with van der Waals surface area (Å²) in [6, 6.07) is 1.57. The summed E-state index contributed by atoms with van der Waals surface area (Å²) >= 11 is 0. The van der Waals surface area contributed by atoms with Gasteiger partial charge in [-0.25, -0.2) is 0 Å². The molecular weight excluding hydrogens is 208 g/mol. The van der Waals surface area contributed by atoms with Gasteiger partial charge in [-0.15, -0.1) is 12.3 Å². The average Bonchev–Trinajstić information content (AvgIpc) is 2.75. The molecule has 2 atom stereocenters. The summed E-state index contributed by atoms with van der Waals surface area (Å²) in [5, 5.41) is 0. The summed E-state index contributed by atoms with van der Waals surface area (Å²) < 4.78 is 0. The largest absolute Gasteiger partial charge is 0.298 e. The first-order chi connectivity index (χ1) is 8.22. The lowest BCUT2D eigenvalue weighted by Gasteiger charge is -2.45. The van der Waals surface area contributed by atoms with Crippen molar-refractivity contribution in [2.24, 2.45) is 5.92 Å². The number of hydrogen-bond acceptors (Lipinski definition) is 2. The number of terminal acetylenes is 1. The SMILES string of the molecule is C#CCCCN1CC2CCCN2CC1C(C)C. The Kier molecular flexibility index (Phi) is 4.48. The maximum Gasteiger partial charge on any atom is 0.0246 e. The molecule has 2 nitrogen and oxygen atoms in total. The number of rotatable bonds is 4. The average molecular weight is 234 g/mol. The van der Waals surface area contributed by atoms with Crippen molar-refractivity contribution in [3.8, 4) is 12.3 Å². The molecule has 0 saturated carbocycles. The molecule has 2 fully saturated rings. The lowest BCUT2D eigenvalue weighted by molar-refractivity contribution is 0.0290. The smallest absolute Gasteiger partial charge is 0.0246 e. The normalized spacial score (nSPS) is 30.5. The van der Waals surface area contributed by atoms with Crippen LogP contribution in [0.25, 0.3) is 0 Å². The van der Waals surface area contributed by atoms with E-state index in [9.17, 15) is 0 Å². The van der Waals surface area contributed by atoms with Crippen molar-refractivity contribution in [3.63, 3.8) is 0 Å². The van der Waals surface area contributed by atoms with Crippen LogP contribution in [-0.4, -0.2) is 48.1 Å². The van der Waals surface area contributed by atoms with Crippen LogP contribution in [0.2, 0.25) is 0 Å². The zero-order valence-corrected chi connectivity index (χ0v) is 11.4. The van der Waals surface area contributed by atoms with Crippen LogP contribution >= 0.6 is 0 Å². The summed E-state index contributed by atoms with van der Waals surface area (Å²) in [5.41, 5.74) is 0. The Morgan fingerprint density at radius 2 is 2.18 bits per heavy atom. The number of piperazine rings is 1. The van der Waals surface area contributed by atoms with Gasteiger partial charge in [-0.2, -0.15) is 0 Å². The van der Waals surface area contributed by atoms with Crippen LogP contribution in [0, 0.1) is 18.3 Å². The Labute approximate surface area is 106 Å². The van der Waals surface area contributed by atoms with E-state index in [1.807, 2.05) is 0 Å². The molecule has 2 heterocycles. The molecule has 2 unspecified atom stereocenters. The molecule has 0 N–H and O–H groups in total. The van der Waals surface area contributed by atoms with Gasteiger partial charge in [0.05, 0.1) is 0 Å². The van der Waals surface area contributed by atoms with Crippen molar-refractivity contribution in [3.05, 3.63) is 0 Å². The Hall–Kier alpha value is -0.520.